The zero-order chi connectivity index (χ0) is 15.0. The number of carbonyl (C=O) groups excluding carboxylic acids is 1. The number of aromatic nitrogens is 3. The summed E-state index contributed by atoms with van der Waals surface area (Å²) in [5, 5.41) is 4.84. The van der Waals surface area contributed by atoms with Crippen LogP contribution < -0.4 is 4.80 Å². The molecule has 108 valence electrons. The summed E-state index contributed by atoms with van der Waals surface area (Å²) >= 11 is 7.42. The predicted molar refractivity (Wildman–Crippen MR) is 83.6 cm³/mol. The Bertz CT molecular complexity index is 890. The van der Waals surface area contributed by atoms with E-state index in [-0.39, 0.29) is 5.91 Å². The van der Waals surface area contributed by atoms with E-state index >= 15 is 0 Å². The molecule has 3 rings (SSSR count). The van der Waals surface area contributed by atoms with E-state index in [1.807, 2.05) is 36.7 Å². The van der Waals surface area contributed by atoms with Crippen LogP contribution in [0.2, 0.25) is 5.02 Å². The molecule has 7 heteroatoms. The van der Waals surface area contributed by atoms with Crippen LogP contribution in [-0.4, -0.2) is 20.3 Å². The van der Waals surface area contributed by atoms with Crippen molar-refractivity contribution in [3.8, 4) is 0 Å². The Balaban J connectivity index is 2.06. The Morgan fingerprint density at radius 2 is 2.24 bits per heavy atom. The Hall–Kier alpha value is -1.92. The molecule has 0 radical (unpaired) electrons. The lowest BCUT2D eigenvalue weighted by atomic mass is 10.3. The molecule has 1 aromatic carbocycles. The van der Waals surface area contributed by atoms with Crippen LogP contribution in [0.25, 0.3) is 10.2 Å². The predicted octanol–water partition coefficient (Wildman–Crippen LogP) is 2.85. The molecule has 0 aliphatic heterocycles. The fourth-order valence-electron chi connectivity index (χ4n) is 2.01. The highest BCUT2D eigenvalue weighted by atomic mass is 35.5. The molecule has 0 aliphatic carbocycles. The third-order valence-electron chi connectivity index (χ3n) is 3.15. The number of hydrogen-bond donors (Lipinski definition) is 0. The molecule has 0 atom stereocenters. The highest BCUT2D eigenvalue weighted by Crippen LogP contribution is 2.21. The second kappa shape index (κ2) is 5.46. The van der Waals surface area contributed by atoms with Crippen LogP contribution in [0.4, 0.5) is 0 Å². The molecule has 1 amide bonds. The van der Waals surface area contributed by atoms with Gasteiger partial charge < -0.3 is 4.57 Å². The minimum Gasteiger partial charge on any atom is -0.319 e. The lowest BCUT2D eigenvalue weighted by Crippen LogP contribution is -2.13. The van der Waals surface area contributed by atoms with Crippen molar-refractivity contribution in [3.63, 3.8) is 0 Å². The van der Waals surface area contributed by atoms with E-state index in [0.29, 0.717) is 15.5 Å². The summed E-state index contributed by atoms with van der Waals surface area (Å²) in [7, 11) is 1.88. The highest BCUT2D eigenvalue weighted by Gasteiger charge is 2.10. The molecule has 2 aromatic heterocycles. The molecule has 0 aliphatic rings. The number of thiazole rings is 1. The summed E-state index contributed by atoms with van der Waals surface area (Å²) in [5.74, 6) is -0.338. The van der Waals surface area contributed by atoms with Gasteiger partial charge in [0.25, 0.3) is 5.91 Å². The summed E-state index contributed by atoms with van der Waals surface area (Å²) in [4.78, 5) is 17.0. The summed E-state index contributed by atoms with van der Waals surface area (Å²) in [5.41, 5.74) is 1.35. The molecular weight excluding hydrogens is 308 g/mol. The van der Waals surface area contributed by atoms with Crippen molar-refractivity contribution in [1.82, 2.24) is 14.3 Å². The van der Waals surface area contributed by atoms with Gasteiger partial charge in [-0.05, 0) is 31.2 Å². The molecule has 0 N–H and O–H groups in total. The monoisotopic (exact) mass is 320 g/mol. The number of fused-ring (bicyclic) bond motifs is 1. The second-order valence-corrected chi connectivity index (χ2v) is 5.97. The molecule has 0 saturated carbocycles. The first-order valence-electron chi connectivity index (χ1n) is 6.46. The lowest BCUT2D eigenvalue weighted by Gasteiger charge is -1.95. The maximum Gasteiger partial charge on any atom is 0.300 e. The molecule has 21 heavy (non-hydrogen) atoms. The average Bonchev–Trinajstić information content (AvgIpc) is 3.05. The smallest absolute Gasteiger partial charge is 0.300 e. The number of aryl methyl sites for hydroxylation is 2. The maximum atomic E-state index is 12.2. The second-order valence-electron chi connectivity index (χ2n) is 4.53. The van der Waals surface area contributed by atoms with E-state index < -0.39 is 0 Å². The molecule has 0 fully saturated rings. The minimum atomic E-state index is -0.338. The molecule has 5 nitrogen and oxygen atoms in total. The van der Waals surface area contributed by atoms with E-state index in [0.717, 1.165) is 16.8 Å². The molecule has 0 spiro atoms. The quantitative estimate of drug-likeness (QED) is 0.729. The van der Waals surface area contributed by atoms with Crippen molar-refractivity contribution >= 4 is 39.1 Å². The normalized spacial score (nSPS) is 12.2. The van der Waals surface area contributed by atoms with Crippen LogP contribution in [0.1, 0.15) is 17.4 Å². The summed E-state index contributed by atoms with van der Waals surface area (Å²) in [6.07, 6.45) is 1.77. The van der Waals surface area contributed by atoms with Crippen molar-refractivity contribution in [3.05, 3.63) is 46.0 Å². The summed E-state index contributed by atoms with van der Waals surface area (Å²) in [6.45, 7) is 2.69. The fraction of sp³-hybridized carbons (Fsp3) is 0.214. The molecule has 0 bridgehead atoms. The van der Waals surface area contributed by atoms with Crippen LogP contribution in [0.15, 0.2) is 35.5 Å². The van der Waals surface area contributed by atoms with Crippen LogP contribution in [0.5, 0.6) is 0 Å². The fourth-order valence-corrected chi connectivity index (χ4v) is 3.30. The van der Waals surface area contributed by atoms with E-state index in [2.05, 4.69) is 10.1 Å². The van der Waals surface area contributed by atoms with E-state index in [1.165, 1.54) is 11.3 Å². The van der Waals surface area contributed by atoms with Gasteiger partial charge in [-0.25, -0.2) is 0 Å². The van der Waals surface area contributed by atoms with Gasteiger partial charge >= 0.3 is 0 Å². The van der Waals surface area contributed by atoms with Crippen LogP contribution in [0, 0.1) is 0 Å². The first kappa shape index (κ1) is 14.0. The first-order valence-corrected chi connectivity index (χ1v) is 7.65. The van der Waals surface area contributed by atoms with Gasteiger partial charge in [-0.2, -0.15) is 10.1 Å². The average molecular weight is 321 g/mol. The van der Waals surface area contributed by atoms with Crippen molar-refractivity contribution < 1.29 is 4.79 Å². The number of carbonyl (C=O) groups is 1. The van der Waals surface area contributed by atoms with Crippen molar-refractivity contribution in [2.24, 2.45) is 12.0 Å². The van der Waals surface area contributed by atoms with Gasteiger partial charge in [0.15, 0.2) is 10.5 Å². The molecule has 2 heterocycles. The zero-order valence-corrected chi connectivity index (χ0v) is 13.1. The van der Waals surface area contributed by atoms with Crippen molar-refractivity contribution in [2.75, 3.05) is 0 Å². The number of nitrogens with zero attached hydrogens (tertiary/aromatic N) is 4. The van der Waals surface area contributed by atoms with Gasteiger partial charge in [0, 0.05) is 24.8 Å². The topological polar surface area (TPSA) is 52.2 Å². The molecule has 0 unspecified atom stereocenters. The van der Waals surface area contributed by atoms with Gasteiger partial charge in [-0.1, -0.05) is 22.9 Å². The van der Waals surface area contributed by atoms with Gasteiger partial charge in [-0.15, -0.1) is 0 Å². The summed E-state index contributed by atoms with van der Waals surface area (Å²) < 4.78 is 4.58. The molecule has 3 aromatic rings. The van der Waals surface area contributed by atoms with Crippen LogP contribution in [-0.2, 0) is 13.6 Å². The Labute approximate surface area is 130 Å². The highest BCUT2D eigenvalue weighted by molar-refractivity contribution is 7.16. The largest absolute Gasteiger partial charge is 0.319 e. The van der Waals surface area contributed by atoms with Gasteiger partial charge in [0.05, 0.1) is 10.2 Å². The van der Waals surface area contributed by atoms with Crippen LogP contribution >= 0.6 is 22.9 Å². The Morgan fingerprint density at radius 1 is 1.43 bits per heavy atom. The molecule has 0 saturated heterocycles. The van der Waals surface area contributed by atoms with Gasteiger partial charge in [-0.3, -0.25) is 9.48 Å². The van der Waals surface area contributed by atoms with E-state index in [9.17, 15) is 4.79 Å². The Morgan fingerprint density at radius 3 is 2.95 bits per heavy atom. The first-order chi connectivity index (χ1) is 10.1. The number of rotatable bonds is 2. The number of amides is 1. The standard InChI is InChI=1S/C14H13ClN4OS/c1-3-19-7-6-10(17-19)13(20)16-14-18(2)11-5-4-9(15)8-12(11)21-14/h4-8H,3H2,1-2H3. The third kappa shape index (κ3) is 2.64. The number of hydrogen-bond acceptors (Lipinski definition) is 3. The SMILES string of the molecule is CCn1ccc(C(=O)N=c2sc3cc(Cl)ccc3n2C)n1. The minimum absolute atomic E-state index is 0.338. The Kier molecular flexibility index (Phi) is 3.65. The van der Waals surface area contributed by atoms with Gasteiger partial charge in [0.2, 0.25) is 0 Å². The zero-order valence-electron chi connectivity index (χ0n) is 11.6. The van der Waals surface area contributed by atoms with E-state index in [4.69, 9.17) is 11.6 Å². The maximum absolute atomic E-state index is 12.2. The van der Waals surface area contributed by atoms with Gasteiger partial charge in [0.1, 0.15) is 0 Å². The van der Waals surface area contributed by atoms with Crippen molar-refractivity contribution in [2.45, 2.75) is 13.5 Å². The third-order valence-corrected chi connectivity index (χ3v) is 4.48. The van der Waals surface area contributed by atoms with Crippen LogP contribution in [0.3, 0.4) is 0 Å². The van der Waals surface area contributed by atoms with Crippen molar-refractivity contribution in [1.29, 1.82) is 0 Å². The lowest BCUT2D eigenvalue weighted by molar-refractivity contribution is 0.0992. The summed E-state index contributed by atoms with van der Waals surface area (Å²) in [6, 6.07) is 7.30. The number of halogens is 1. The molecular formula is C14H13ClN4OS. The van der Waals surface area contributed by atoms with E-state index in [1.54, 1.807) is 16.9 Å². The number of benzene rings is 1.